The van der Waals surface area contributed by atoms with Crippen molar-refractivity contribution in [1.82, 2.24) is 9.88 Å². The van der Waals surface area contributed by atoms with Crippen molar-refractivity contribution in [3.63, 3.8) is 0 Å². The zero-order valence-corrected chi connectivity index (χ0v) is 10.5. The summed E-state index contributed by atoms with van der Waals surface area (Å²) in [6.07, 6.45) is 0.842. The van der Waals surface area contributed by atoms with E-state index in [1.807, 2.05) is 44.2 Å². The first-order chi connectivity index (χ1) is 8.59. The summed E-state index contributed by atoms with van der Waals surface area (Å²) in [6.45, 7) is 4.13. The molecule has 0 bridgehead atoms. The molecule has 1 amide bonds. The Morgan fingerprint density at radius 2 is 2.11 bits per heavy atom. The Kier molecular flexibility index (Phi) is 3.46. The molecule has 1 aromatic heterocycles. The molecule has 0 atom stereocenters. The van der Waals surface area contributed by atoms with Gasteiger partial charge in [-0.05, 0) is 31.5 Å². The number of benzene rings is 1. The van der Waals surface area contributed by atoms with Crippen molar-refractivity contribution in [1.29, 1.82) is 0 Å². The van der Waals surface area contributed by atoms with Crippen molar-refractivity contribution in [3.05, 3.63) is 42.1 Å². The first-order valence-corrected chi connectivity index (χ1v) is 5.92. The van der Waals surface area contributed by atoms with E-state index >= 15 is 0 Å². The molecule has 1 heterocycles. The summed E-state index contributed by atoms with van der Waals surface area (Å²) in [5.74, 6) is 0. The summed E-state index contributed by atoms with van der Waals surface area (Å²) in [7, 11) is 0. The predicted octanol–water partition coefficient (Wildman–Crippen LogP) is 3.12. The molecular weight excluding hydrogens is 228 g/mol. The quantitative estimate of drug-likeness (QED) is 0.902. The van der Waals surface area contributed by atoms with E-state index in [-0.39, 0.29) is 6.04 Å². The molecule has 1 aromatic carbocycles. The maximum atomic E-state index is 11.2. The first-order valence-electron chi connectivity index (χ1n) is 5.92. The molecule has 1 N–H and O–H groups in total. The van der Waals surface area contributed by atoms with E-state index in [0.717, 1.165) is 16.5 Å². The lowest BCUT2D eigenvalue weighted by Crippen LogP contribution is -2.35. The summed E-state index contributed by atoms with van der Waals surface area (Å²) >= 11 is 0. The Bertz CT molecular complexity index is 561. The second-order valence-electron chi connectivity index (χ2n) is 4.49. The van der Waals surface area contributed by atoms with Crippen LogP contribution in [-0.4, -0.2) is 27.1 Å². The minimum absolute atomic E-state index is 0.0468. The van der Waals surface area contributed by atoms with Crippen LogP contribution in [-0.2, 0) is 6.54 Å². The lowest BCUT2D eigenvalue weighted by atomic mass is 10.1. The summed E-state index contributed by atoms with van der Waals surface area (Å²) in [5, 5.41) is 10.2. The molecule has 0 aliphatic carbocycles. The fourth-order valence-electron chi connectivity index (χ4n) is 1.96. The van der Waals surface area contributed by atoms with Crippen molar-refractivity contribution in [2.24, 2.45) is 0 Å². The van der Waals surface area contributed by atoms with Crippen LogP contribution in [0.25, 0.3) is 10.9 Å². The molecule has 18 heavy (non-hydrogen) atoms. The van der Waals surface area contributed by atoms with Gasteiger partial charge in [0.15, 0.2) is 0 Å². The molecule has 4 nitrogen and oxygen atoms in total. The number of amides is 1. The van der Waals surface area contributed by atoms with E-state index in [0.29, 0.717) is 6.54 Å². The van der Waals surface area contributed by atoms with Gasteiger partial charge >= 0.3 is 6.09 Å². The lowest BCUT2D eigenvalue weighted by Gasteiger charge is -2.24. The van der Waals surface area contributed by atoms with Crippen LogP contribution in [0.3, 0.4) is 0 Å². The van der Waals surface area contributed by atoms with Gasteiger partial charge in [-0.1, -0.05) is 18.2 Å². The molecule has 0 saturated carbocycles. The molecule has 0 fully saturated rings. The molecule has 0 spiro atoms. The topological polar surface area (TPSA) is 53.4 Å². The Hall–Kier alpha value is -2.10. The summed E-state index contributed by atoms with van der Waals surface area (Å²) in [5.41, 5.74) is 1.88. The van der Waals surface area contributed by atoms with Crippen molar-refractivity contribution in [2.45, 2.75) is 26.4 Å². The molecule has 0 aliphatic rings. The van der Waals surface area contributed by atoms with E-state index < -0.39 is 6.09 Å². The van der Waals surface area contributed by atoms with Crippen molar-refractivity contribution in [2.75, 3.05) is 0 Å². The zero-order valence-electron chi connectivity index (χ0n) is 10.5. The van der Waals surface area contributed by atoms with Crippen LogP contribution in [0.5, 0.6) is 0 Å². The van der Waals surface area contributed by atoms with E-state index in [9.17, 15) is 9.90 Å². The minimum atomic E-state index is -0.897. The highest BCUT2D eigenvalue weighted by Crippen LogP contribution is 2.19. The highest BCUT2D eigenvalue weighted by molar-refractivity contribution is 5.82. The van der Waals surface area contributed by atoms with Crippen LogP contribution >= 0.6 is 0 Å². The molecule has 2 rings (SSSR count). The van der Waals surface area contributed by atoms with Gasteiger partial charge in [0.05, 0.1) is 5.52 Å². The third-order valence-electron chi connectivity index (χ3n) is 2.95. The van der Waals surface area contributed by atoms with Gasteiger partial charge in [0.2, 0.25) is 0 Å². The van der Waals surface area contributed by atoms with Crippen LogP contribution in [0.1, 0.15) is 19.4 Å². The van der Waals surface area contributed by atoms with Crippen molar-refractivity contribution >= 4 is 17.0 Å². The van der Waals surface area contributed by atoms with Crippen molar-refractivity contribution < 1.29 is 9.90 Å². The van der Waals surface area contributed by atoms with Crippen LogP contribution in [0.4, 0.5) is 4.79 Å². The molecule has 2 aromatic rings. The predicted molar refractivity (Wildman–Crippen MR) is 70.4 cm³/mol. The van der Waals surface area contributed by atoms with Gasteiger partial charge in [0.1, 0.15) is 0 Å². The molecular formula is C14H16N2O2. The number of carboxylic acid groups (broad SMARTS) is 1. The number of carbonyl (C=O) groups is 1. The maximum Gasteiger partial charge on any atom is 0.407 e. The summed E-state index contributed by atoms with van der Waals surface area (Å²) in [6, 6.07) is 9.58. The number of rotatable bonds is 3. The standard InChI is InChI=1S/C14H16N2O2/c1-10(2)16(14(17)18)9-11-5-3-7-13-12(11)6-4-8-15-13/h3-8,10H,9H2,1-2H3,(H,17,18). The maximum absolute atomic E-state index is 11.2. The number of fused-ring (bicyclic) bond motifs is 1. The summed E-state index contributed by atoms with van der Waals surface area (Å²) in [4.78, 5) is 16.9. The largest absolute Gasteiger partial charge is 0.465 e. The minimum Gasteiger partial charge on any atom is -0.465 e. The molecule has 0 saturated heterocycles. The number of aromatic nitrogens is 1. The van der Waals surface area contributed by atoms with Crippen LogP contribution in [0, 0.1) is 0 Å². The van der Waals surface area contributed by atoms with Gasteiger partial charge in [-0.3, -0.25) is 4.98 Å². The molecule has 0 aliphatic heterocycles. The van der Waals surface area contributed by atoms with Crippen LogP contribution in [0.15, 0.2) is 36.5 Å². The van der Waals surface area contributed by atoms with Gasteiger partial charge in [-0.25, -0.2) is 4.79 Å². The number of nitrogens with zero attached hydrogens (tertiary/aromatic N) is 2. The fourth-order valence-corrected chi connectivity index (χ4v) is 1.96. The van der Waals surface area contributed by atoms with E-state index in [2.05, 4.69) is 4.98 Å². The van der Waals surface area contributed by atoms with Crippen LogP contribution < -0.4 is 0 Å². The third-order valence-corrected chi connectivity index (χ3v) is 2.95. The second kappa shape index (κ2) is 5.04. The SMILES string of the molecule is CC(C)N(Cc1cccc2ncccc12)C(=O)O. The molecule has 94 valence electrons. The third kappa shape index (κ3) is 2.42. The van der Waals surface area contributed by atoms with Crippen LogP contribution in [0.2, 0.25) is 0 Å². The Morgan fingerprint density at radius 1 is 1.33 bits per heavy atom. The van der Waals surface area contributed by atoms with Gasteiger partial charge in [-0.2, -0.15) is 0 Å². The van der Waals surface area contributed by atoms with Gasteiger partial charge in [-0.15, -0.1) is 0 Å². The Labute approximate surface area is 106 Å². The monoisotopic (exact) mass is 244 g/mol. The van der Waals surface area contributed by atoms with Gasteiger partial charge < -0.3 is 10.0 Å². The van der Waals surface area contributed by atoms with Crippen molar-refractivity contribution in [3.8, 4) is 0 Å². The number of hydrogen-bond donors (Lipinski definition) is 1. The average molecular weight is 244 g/mol. The smallest absolute Gasteiger partial charge is 0.407 e. The zero-order chi connectivity index (χ0) is 13.1. The highest BCUT2D eigenvalue weighted by atomic mass is 16.4. The van der Waals surface area contributed by atoms with E-state index in [4.69, 9.17) is 0 Å². The molecule has 0 radical (unpaired) electrons. The van der Waals surface area contributed by atoms with Gasteiger partial charge in [0.25, 0.3) is 0 Å². The Balaban J connectivity index is 2.39. The van der Waals surface area contributed by atoms with E-state index in [1.165, 1.54) is 4.90 Å². The number of pyridine rings is 1. The fraction of sp³-hybridized carbons (Fsp3) is 0.286. The van der Waals surface area contributed by atoms with Gasteiger partial charge in [0, 0.05) is 24.2 Å². The first kappa shape index (κ1) is 12.4. The second-order valence-corrected chi connectivity index (χ2v) is 4.49. The lowest BCUT2D eigenvalue weighted by molar-refractivity contribution is 0.128. The highest BCUT2D eigenvalue weighted by Gasteiger charge is 2.16. The molecule has 4 heteroatoms. The molecule has 0 unspecified atom stereocenters. The average Bonchev–Trinajstić information content (AvgIpc) is 2.35. The van der Waals surface area contributed by atoms with E-state index in [1.54, 1.807) is 6.20 Å². The number of hydrogen-bond acceptors (Lipinski definition) is 2. The Morgan fingerprint density at radius 3 is 2.78 bits per heavy atom. The normalized spacial score (nSPS) is 10.8. The summed E-state index contributed by atoms with van der Waals surface area (Å²) < 4.78 is 0.